The van der Waals surface area contributed by atoms with Gasteiger partial charge in [0.05, 0.1) is 7.11 Å². The quantitative estimate of drug-likeness (QED) is 0.745. The molecule has 1 nitrogen and oxygen atoms in total. The number of hydrogen-bond donors (Lipinski definition) is 0. The Bertz CT molecular complexity index is 508. The number of ether oxygens (including phenoxy) is 1. The Kier molecular flexibility index (Phi) is 4.43. The molecule has 2 aromatic carbocycles. The number of halogens is 1. The van der Waals surface area contributed by atoms with Gasteiger partial charge in [0.15, 0.2) is 0 Å². The number of alkyl halides is 1. The third-order valence-electron chi connectivity index (χ3n) is 2.98. The minimum atomic E-state index is 0.273. The van der Waals surface area contributed by atoms with Crippen molar-refractivity contribution in [3.05, 3.63) is 65.2 Å². The van der Waals surface area contributed by atoms with Gasteiger partial charge in [0.2, 0.25) is 0 Å². The highest BCUT2D eigenvalue weighted by Gasteiger charge is 2.13. The summed E-state index contributed by atoms with van der Waals surface area (Å²) in [6, 6.07) is 16.8. The van der Waals surface area contributed by atoms with Crippen molar-refractivity contribution in [1.29, 1.82) is 0 Å². The van der Waals surface area contributed by atoms with Gasteiger partial charge in [-0.1, -0.05) is 64.0 Å². The van der Waals surface area contributed by atoms with Crippen molar-refractivity contribution in [3.63, 3.8) is 0 Å². The average Bonchev–Trinajstić information content (AvgIpc) is 2.40. The number of benzene rings is 2. The van der Waals surface area contributed by atoms with E-state index in [0.29, 0.717) is 0 Å². The van der Waals surface area contributed by atoms with E-state index in [0.717, 1.165) is 12.2 Å². The summed E-state index contributed by atoms with van der Waals surface area (Å²) in [5.74, 6) is 0.943. The van der Waals surface area contributed by atoms with Crippen molar-refractivity contribution >= 4 is 15.9 Å². The average molecular weight is 305 g/mol. The van der Waals surface area contributed by atoms with Crippen LogP contribution in [0, 0.1) is 6.92 Å². The molecule has 0 aromatic heterocycles. The van der Waals surface area contributed by atoms with Crippen molar-refractivity contribution < 1.29 is 4.74 Å². The lowest BCUT2D eigenvalue weighted by molar-refractivity contribution is 0.409. The van der Waals surface area contributed by atoms with Gasteiger partial charge >= 0.3 is 0 Å². The minimum absolute atomic E-state index is 0.273. The van der Waals surface area contributed by atoms with Crippen molar-refractivity contribution in [2.24, 2.45) is 0 Å². The topological polar surface area (TPSA) is 9.23 Å². The van der Waals surface area contributed by atoms with E-state index in [1.807, 2.05) is 12.1 Å². The molecule has 2 aromatic rings. The Hall–Kier alpha value is -1.28. The highest BCUT2D eigenvalue weighted by Crippen LogP contribution is 2.34. The molecule has 0 saturated carbocycles. The standard InChI is InChI=1S/C16H17BrO/c1-12-8-9-16(18-2)14(10-12)15(17)11-13-6-4-3-5-7-13/h3-10,15H,11H2,1-2H3. The zero-order valence-electron chi connectivity index (χ0n) is 10.7. The molecule has 0 fully saturated rings. The van der Waals surface area contributed by atoms with Gasteiger partial charge < -0.3 is 4.74 Å². The highest BCUT2D eigenvalue weighted by atomic mass is 79.9. The van der Waals surface area contributed by atoms with Crippen LogP contribution in [-0.4, -0.2) is 7.11 Å². The first-order valence-corrected chi connectivity index (χ1v) is 6.95. The lowest BCUT2D eigenvalue weighted by atomic mass is 10.0. The van der Waals surface area contributed by atoms with Gasteiger partial charge in [-0.2, -0.15) is 0 Å². The van der Waals surface area contributed by atoms with E-state index in [-0.39, 0.29) is 4.83 Å². The lowest BCUT2D eigenvalue weighted by Crippen LogP contribution is -1.99. The van der Waals surface area contributed by atoms with Crippen LogP contribution in [-0.2, 0) is 6.42 Å². The smallest absolute Gasteiger partial charge is 0.123 e. The van der Waals surface area contributed by atoms with Gasteiger partial charge in [-0.25, -0.2) is 0 Å². The Morgan fingerprint density at radius 1 is 1.11 bits per heavy atom. The van der Waals surface area contributed by atoms with E-state index >= 15 is 0 Å². The van der Waals surface area contributed by atoms with Gasteiger partial charge in [0.25, 0.3) is 0 Å². The van der Waals surface area contributed by atoms with Crippen LogP contribution in [0.5, 0.6) is 5.75 Å². The van der Waals surface area contributed by atoms with E-state index < -0.39 is 0 Å². The molecule has 0 amide bonds. The maximum absolute atomic E-state index is 5.43. The fourth-order valence-electron chi connectivity index (χ4n) is 2.03. The summed E-state index contributed by atoms with van der Waals surface area (Å²) in [7, 11) is 1.72. The van der Waals surface area contributed by atoms with Gasteiger partial charge in [-0.15, -0.1) is 0 Å². The van der Waals surface area contributed by atoms with Crippen LogP contribution in [0.25, 0.3) is 0 Å². The van der Waals surface area contributed by atoms with E-state index in [1.165, 1.54) is 16.7 Å². The van der Waals surface area contributed by atoms with E-state index in [4.69, 9.17) is 4.74 Å². The Morgan fingerprint density at radius 2 is 1.83 bits per heavy atom. The molecule has 0 spiro atoms. The summed E-state index contributed by atoms with van der Waals surface area (Å²) in [4.78, 5) is 0.273. The Labute approximate surface area is 117 Å². The molecule has 0 aliphatic carbocycles. The summed E-state index contributed by atoms with van der Waals surface area (Å²) in [6.07, 6.45) is 0.959. The molecule has 2 heteroatoms. The molecule has 1 unspecified atom stereocenters. The lowest BCUT2D eigenvalue weighted by Gasteiger charge is -2.15. The van der Waals surface area contributed by atoms with Crippen LogP contribution in [0.2, 0.25) is 0 Å². The monoisotopic (exact) mass is 304 g/mol. The fourth-order valence-corrected chi connectivity index (χ4v) is 2.76. The number of methoxy groups -OCH3 is 1. The predicted molar refractivity (Wildman–Crippen MR) is 79.5 cm³/mol. The van der Waals surface area contributed by atoms with Crippen LogP contribution < -0.4 is 4.74 Å². The van der Waals surface area contributed by atoms with Crippen LogP contribution in [0.1, 0.15) is 21.5 Å². The number of rotatable bonds is 4. The van der Waals surface area contributed by atoms with Gasteiger partial charge in [0.1, 0.15) is 5.75 Å². The van der Waals surface area contributed by atoms with E-state index in [1.54, 1.807) is 7.11 Å². The zero-order valence-corrected chi connectivity index (χ0v) is 12.3. The molecule has 0 heterocycles. The van der Waals surface area contributed by atoms with Crippen molar-refractivity contribution in [2.75, 3.05) is 7.11 Å². The summed E-state index contributed by atoms with van der Waals surface area (Å²) in [6.45, 7) is 2.10. The second-order valence-corrected chi connectivity index (χ2v) is 5.51. The molecule has 1 atom stereocenters. The number of aryl methyl sites for hydroxylation is 1. The zero-order chi connectivity index (χ0) is 13.0. The van der Waals surface area contributed by atoms with Crippen molar-refractivity contribution in [3.8, 4) is 5.75 Å². The fraction of sp³-hybridized carbons (Fsp3) is 0.250. The van der Waals surface area contributed by atoms with Crippen LogP contribution in [0.3, 0.4) is 0 Å². The largest absolute Gasteiger partial charge is 0.496 e. The van der Waals surface area contributed by atoms with Gasteiger partial charge in [0, 0.05) is 10.4 Å². The van der Waals surface area contributed by atoms with Crippen LogP contribution in [0.4, 0.5) is 0 Å². The Morgan fingerprint density at radius 3 is 2.50 bits per heavy atom. The molecule has 18 heavy (non-hydrogen) atoms. The van der Waals surface area contributed by atoms with Gasteiger partial charge in [-0.3, -0.25) is 0 Å². The molecule has 0 aliphatic rings. The van der Waals surface area contributed by atoms with Crippen molar-refractivity contribution in [2.45, 2.75) is 18.2 Å². The Balaban J connectivity index is 2.23. The molecular formula is C16H17BrO. The summed E-state index contributed by atoms with van der Waals surface area (Å²) in [5.41, 5.74) is 3.78. The van der Waals surface area contributed by atoms with Crippen LogP contribution >= 0.6 is 15.9 Å². The third kappa shape index (κ3) is 3.14. The first kappa shape index (κ1) is 13.2. The second kappa shape index (κ2) is 6.05. The second-order valence-electron chi connectivity index (χ2n) is 4.40. The van der Waals surface area contributed by atoms with Crippen molar-refractivity contribution in [1.82, 2.24) is 0 Å². The van der Waals surface area contributed by atoms with Crippen LogP contribution in [0.15, 0.2) is 48.5 Å². The summed E-state index contributed by atoms with van der Waals surface area (Å²) >= 11 is 3.77. The normalized spacial score (nSPS) is 12.2. The molecule has 2 rings (SSSR count). The highest BCUT2D eigenvalue weighted by molar-refractivity contribution is 9.09. The first-order chi connectivity index (χ1) is 8.70. The molecule has 0 radical (unpaired) electrons. The van der Waals surface area contributed by atoms with Gasteiger partial charge in [-0.05, 0) is 25.0 Å². The molecule has 0 aliphatic heterocycles. The molecule has 0 saturated heterocycles. The molecule has 0 N–H and O–H groups in total. The van der Waals surface area contributed by atoms with E-state index in [2.05, 4.69) is 59.3 Å². The molecule has 94 valence electrons. The first-order valence-electron chi connectivity index (χ1n) is 6.03. The third-order valence-corrected chi connectivity index (χ3v) is 3.80. The summed E-state index contributed by atoms with van der Waals surface area (Å²) < 4.78 is 5.43. The molecular weight excluding hydrogens is 288 g/mol. The number of hydrogen-bond acceptors (Lipinski definition) is 1. The maximum Gasteiger partial charge on any atom is 0.123 e. The SMILES string of the molecule is COc1ccc(C)cc1C(Br)Cc1ccccc1. The van der Waals surface area contributed by atoms with E-state index in [9.17, 15) is 0 Å². The molecule has 0 bridgehead atoms. The maximum atomic E-state index is 5.43. The summed E-state index contributed by atoms with van der Waals surface area (Å²) in [5, 5.41) is 0. The predicted octanol–water partition coefficient (Wildman–Crippen LogP) is 4.68. The minimum Gasteiger partial charge on any atom is -0.496 e.